The number of carbonyl (C=O) groups excluding carboxylic acids is 3. The molecule has 8 N–H and O–H groups in total. The predicted octanol–water partition coefficient (Wildman–Crippen LogP) is 8.07. The van der Waals surface area contributed by atoms with E-state index >= 15 is 0 Å². The first-order chi connectivity index (χ1) is 21.4. The number of primary amides is 1. The van der Waals surface area contributed by atoms with E-state index in [9.17, 15) is 9.59 Å². The van der Waals surface area contributed by atoms with Gasteiger partial charge in [-0.2, -0.15) is 0 Å². The monoisotopic (exact) mass is 615 g/mol. The summed E-state index contributed by atoms with van der Waals surface area (Å²) in [6.45, 7) is 7.65. The van der Waals surface area contributed by atoms with Crippen molar-refractivity contribution >= 4 is 41.2 Å². The molecule has 0 unspecified atom stereocenters. The van der Waals surface area contributed by atoms with Gasteiger partial charge in [-0.25, -0.2) is 4.79 Å². The molecule has 4 rings (SSSR count). The first-order valence-corrected chi connectivity index (χ1v) is 15.8. The highest BCUT2D eigenvalue weighted by Crippen LogP contribution is 2.38. The summed E-state index contributed by atoms with van der Waals surface area (Å²) in [5.41, 5.74) is 20.9. The van der Waals surface area contributed by atoms with Crippen LogP contribution in [0.25, 0.3) is 11.1 Å². The summed E-state index contributed by atoms with van der Waals surface area (Å²) in [4.78, 5) is 34.6. The number of hydrogen-bond acceptors (Lipinski definition) is 6. The number of nitrogens with two attached hydrogens (primary N) is 3. The van der Waals surface area contributed by atoms with Crippen molar-refractivity contribution in [2.24, 2.45) is 11.7 Å². The van der Waals surface area contributed by atoms with E-state index in [0.29, 0.717) is 34.2 Å². The lowest BCUT2D eigenvalue weighted by Crippen LogP contribution is -2.27. The highest BCUT2D eigenvalue weighted by molar-refractivity contribution is 6.07. The molecule has 0 aromatic heterocycles. The van der Waals surface area contributed by atoms with Crippen LogP contribution in [0.4, 0.5) is 27.5 Å². The molecular formula is C36H49N5O4. The van der Waals surface area contributed by atoms with E-state index < -0.39 is 11.7 Å². The van der Waals surface area contributed by atoms with Crippen molar-refractivity contribution in [1.29, 1.82) is 0 Å². The summed E-state index contributed by atoms with van der Waals surface area (Å²) < 4.78 is 5.47. The topological polar surface area (TPSA) is 163 Å². The molecule has 3 amide bonds. The number of hydrogen-bond donors (Lipinski definition) is 5. The lowest BCUT2D eigenvalue weighted by atomic mass is 9.77. The Balaban J connectivity index is 0.00000177. The molecule has 1 saturated carbocycles. The number of benzene rings is 3. The maximum Gasteiger partial charge on any atom is 0.412 e. The van der Waals surface area contributed by atoms with Gasteiger partial charge in [0, 0.05) is 16.9 Å². The van der Waals surface area contributed by atoms with Crippen molar-refractivity contribution in [2.75, 3.05) is 22.1 Å². The van der Waals surface area contributed by atoms with Gasteiger partial charge in [0.05, 0.1) is 11.4 Å². The van der Waals surface area contributed by atoms with Crippen molar-refractivity contribution < 1.29 is 19.1 Å². The second-order valence-corrected chi connectivity index (χ2v) is 12.7. The molecule has 0 radical (unpaired) electrons. The molecule has 1 aliphatic rings. The zero-order valence-electron chi connectivity index (χ0n) is 27.0. The van der Waals surface area contributed by atoms with Crippen LogP contribution >= 0.6 is 0 Å². The van der Waals surface area contributed by atoms with Crippen LogP contribution in [0.3, 0.4) is 0 Å². The smallest absolute Gasteiger partial charge is 0.412 e. The molecule has 1 aliphatic carbocycles. The van der Waals surface area contributed by atoms with Gasteiger partial charge in [0.25, 0.3) is 5.91 Å². The molecule has 3 aromatic rings. The molecule has 0 saturated heterocycles. The first-order valence-electron chi connectivity index (χ1n) is 15.8. The van der Waals surface area contributed by atoms with Crippen molar-refractivity contribution in [1.82, 2.24) is 0 Å². The normalized spacial score (nSPS) is 16.1. The minimum Gasteiger partial charge on any atom is -0.444 e. The third kappa shape index (κ3) is 11.2. The van der Waals surface area contributed by atoms with E-state index in [0.717, 1.165) is 17.0 Å². The first kappa shape index (κ1) is 35.0. The van der Waals surface area contributed by atoms with Crippen LogP contribution < -0.4 is 27.8 Å². The second-order valence-electron chi connectivity index (χ2n) is 12.7. The van der Waals surface area contributed by atoms with Crippen molar-refractivity contribution in [3.63, 3.8) is 0 Å². The highest BCUT2D eigenvalue weighted by Gasteiger charge is 2.23. The van der Waals surface area contributed by atoms with Crippen LogP contribution in [-0.2, 0) is 9.53 Å². The van der Waals surface area contributed by atoms with Gasteiger partial charge in [0.2, 0.25) is 6.41 Å². The number of amides is 3. The molecule has 9 nitrogen and oxygen atoms in total. The highest BCUT2D eigenvalue weighted by atomic mass is 16.6. The molecule has 0 bridgehead atoms. The van der Waals surface area contributed by atoms with Crippen LogP contribution in [0.15, 0.2) is 60.7 Å². The molecular weight excluding hydrogens is 566 g/mol. The van der Waals surface area contributed by atoms with E-state index in [2.05, 4.69) is 35.4 Å². The molecule has 0 heterocycles. The number of nitrogen functional groups attached to an aromatic ring is 2. The fraction of sp³-hybridized carbons (Fsp3) is 0.417. The number of carbonyl (C=O) groups is 3. The predicted molar refractivity (Wildman–Crippen MR) is 184 cm³/mol. The van der Waals surface area contributed by atoms with Gasteiger partial charge >= 0.3 is 6.09 Å². The van der Waals surface area contributed by atoms with E-state index in [-0.39, 0.29) is 12.3 Å². The average Bonchev–Trinajstić information content (AvgIpc) is 2.97. The van der Waals surface area contributed by atoms with Gasteiger partial charge in [0.1, 0.15) is 5.60 Å². The Morgan fingerprint density at radius 3 is 2.04 bits per heavy atom. The van der Waals surface area contributed by atoms with Crippen LogP contribution in [0.1, 0.15) is 101 Å². The number of unbranched alkanes of at least 4 members (excludes halogenated alkanes) is 2. The van der Waals surface area contributed by atoms with E-state index in [1.807, 2.05) is 30.3 Å². The van der Waals surface area contributed by atoms with Gasteiger partial charge < -0.3 is 27.3 Å². The van der Waals surface area contributed by atoms with Crippen LogP contribution in [0.2, 0.25) is 0 Å². The molecule has 0 atom stereocenters. The molecule has 3 aromatic carbocycles. The standard InChI is InChI=1S/C35H46N4O3.CH3NO/c1-5-6-7-8-23-9-11-24(12-10-23)25-13-15-26(16-14-25)33(40)38-31-18-17-27(28-19-29(36)22-30(37)20-28)21-32(31)39-34(41)42-35(2,3)4;2-1-3/h13-24H,5-12,36-37H2,1-4H3,(H,38,40)(H,39,41);1H,(H2,2,3). The fourth-order valence-electron chi connectivity index (χ4n) is 5.76. The largest absolute Gasteiger partial charge is 0.444 e. The third-order valence-electron chi connectivity index (χ3n) is 7.92. The summed E-state index contributed by atoms with van der Waals surface area (Å²) in [5, 5.41) is 5.76. The third-order valence-corrected chi connectivity index (χ3v) is 7.92. The van der Waals surface area contributed by atoms with Gasteiger partial charge in [0.15, 0.2) is 0 Å². The zero-order valence-corrected chi connectivity index (χ0v) is 27.0. The summed E-state index contributed by atoms with van der Waals surface area (Å²) in [7, 11) is 0. The van der Waals surface area contributed by atoms with E-state index in [1.165, 1.54) is 56.9 Å². The quantitative estimate of drug-likeness (QED) is 0.0928. The van der Waals surface area contributed by atoms with Crippen LogP contribution in [0, 0.1) is 5.92 Å². The minimum atomic E-state index is -0.677. The molecule has 0 aliphatic heterocycles. The lowest BCUT2D eigenvalue weighted by Gasteiger charge is -2.29. The number of anilines is 4. The molecule has 0 spiro atoms. The van der Waals surface area contributed by atoms with Crippen molar-refractivity contribution in [3.8, 4) is 11.1 Å². The second kappa shape index (κ2) is 16.5. The number of ether oxygens (including phenoxy) is 1. The summed E-state index contributed by atoms with van der Waals surface area (Å²) in [6.07, 6.45) is 9.98. The van der Waals surface area contributed by atoms with E-state index in [4.69, 9.17) is 21.0 Å². The van der Waals surface area contributed by atoms with Crippen molar-refractivity contribution in [2.45, 2.75) is 90.6 Å². The summed E-state index contributed by atoms with van der Waals surface area (Å²) >= 11 is 0. The SMILES string of the molecule is CCCCCC1CCC(c2ccc(C(=O)Nc3ccc(-c4cc(N)cc(N)c4)cc3NC(=O)OC(C)(C)C)cc2)CC1.NC=O. The Morgan fingerprint density at radius 1 is 0.844 bits per heavy atom. The molecule has 1 fully saturated rings. The maximum absolute atomic E-state index is 13.3. The van der Waals surface area contributed by atoms with Gasteiger partial charge in [-0.1, -0.05) is 50.8 Å². The Labute approximate surface area is 267 Å². The Morgan fingerprint density at radius 2 is 1.47 bits per heavy atom. The van der Waals surface area contributed by atoms with Crippen LogP contribution in [0.5, 0.6) is 0 Å². The van der Waals surface area contributed by atoms with E-state index in [1.54, 1.807) is 39.0 Å². The van der Waals surface area contributed by atoms with Gasteiger partial charge in [-0.3, -0.25) is 14.9 Å². The maximum atomic E-state index is 13.3. The molecule has 45 heavy (non-hydrogen) atoms. The Hall–Kier alpha value is -4.53. The Kier molecular flexibility index (Phi) is 12.8. The fourth-order valence-corrected chi connectivity index (χ4v) is 5.76. The lowest BCUT2D eigenvalue weighted by molar-refractivity contribution is -0.106. The van der Waals surface area contributed by atoms with Crippen LogP contribution in [-0.4, -0.2) is 24.0 Å². The zero-order chi connectivity index (χ0) is 33.0. The minimum absolute atomic E-state index is 0.250. The van der Waals surface area contributed by atoms with Crippen molar-refractivity contribution in [3.05, 3.63) is 71.8 Å². The Bertz CT molecular complexity index is 1400. The molecule has 9 heteroatoms. The molecule has 242 valence electrons. The summed E-state index contributed by atoms with van der Waals surface area (Å²) in [6, 6.07) is 18.6. The number of nitrogens with one attached hydrogen (secondary N) is 2. The van der Waals surface area contributed by atoms with Gasteiger partial charge in [-0.15, -0.1) is 0 Å². The average molecular weight is 616 g/mol. The van der Waals surface area contributed by atoms with Gasteiger partial charge in [-0.05, 0) is 117 Å². The number of rotatable bonds is 9. The summed E-state index contributed by atoms with van der Waals surface area (Å²) in [5.74, 6) is 1.17.